The lowest BCUT2D eigenvalue weighted by molar-refractivity contribution is 0.0734. The smallest absolute Gasteiger partial charge is 0.343 e. The minimum atomic E-state index is -0.545. The Bertz CT molecular complexity index is 937. The van der Waals surface area contributed by atoms with Crippen LogP contribution in [0.4, 0.5) is 4.39 Å². The predicted molar refractivity (Wildman–Crippen MR) is 97.3 cm³/mol. The molecule has 0 saturated carbocycles. The van der Waals surface area contributed by atoms with Crippen LogP contribution in [0.1, 0.15) is 21.7 Å². The van der Waals surface area contributed by atoms with Crippen molar-refractivity contribution in [3.63, 3.8) is 0 Å². The fraction of sp³-hybridized carbons (Fsp3) is 0.111. The molecule has 6 nitrogen and oxygen atoms in total. The molecule has 0 aliphatic carbocycles. The van der Waals surface area contributed by atoms with Gasteiger partial charge in [0.25, 0.3) is 0 Å². The maximum absolute atomic E-state index is 12.9. The first-order valence-electron chi connectivity index (χ1n) is 7.65. The monoisotopic (exact) mass is 370 g/mol. The van der Waals surface area contributed by atoms with Crippen molar-refractivity contribution in [2.75, 3.05) is 6.26 Å². The van der Waals surface area contributed by atoms with Crippen molar-refractivity contribution in [2.45, 2.75) is 12.1 Å². The number of nitrogens with zero attached hydrogens (tertiary/aromatic N) is 4. The number of aryl methyl sites for hydroxylation is 1. The minimum absolute atomic E-state index is 0.282. The molecule has 0 radical (unpaired) electrons. The average molecular weight is 370 g/mol. The van der Waals surface area contributed by atoms with E-state index < -0.39 is 11.8 Å². The zero-order valence-corrected chi connectivity index (χ0v) is 14.9. The first-order chi connectivity index (χ1) is 12.6. The number of hydrogen-bond donors (Lipinski definition) is 0. The van der Waals surface area contributed by atoms with Crippen molar-refractivity contribution in [3.8, 4) is 5.75 Å². The molecule has 0 saturated heterocycles. The van der Waals surface area contributed by atoms with E-state index in [0.717, 1.165) is 5.56 Å². The summed E-state index contributed by atoms with van der Waals surface area (Å²) in [7, 11) is 0. The molecule has 0 atom stereocenters. The van der Waals surface area contributed by atoms with Crippen LogP contribution in [-0.2, 0) is 0 Å². The van der Waals surface area contributed by atoms with Crippen molar-refractivity contribution in [1.82, 2.24) is 14.9 Å². The van der Waals surface area contributed by atoms with Crippen molar-refractivity contribution in [1.29, 1.82) is 0 Å². The van der Waals surface area contributed by atoms with Gasteiger partial charge in [0.1, 0.15) is 11.6 Å². The fourth-order valence-electron chi connectivity index (χ4n) is 2.10. The second-order valence-electron chi connectivity index (χ2n) is 5.26. The van der Waals surface area contributed by atoms with Crippen LogP contribution in [0, 0.1) is 12.7 Å². The second kappa shape index (κ2) is 7.92. The Morgan fingerprint density at radius 1 is 1.15 bits per heavy atom. The molecule has 1 aromatic heterocycles. The van der Waals surface area contributed by atoms with Gasteiger partial charge in [-0.05, 0) is 67.3 Å². The molecular formula is C18H15FN4O2S. The van der Waals surface area contributed by atoms with Gasteiger partial charge in [-0.3, -0.25) is 0 Å². The van der Waals surface area contributed by atoms with Crippen LogP contribution in [0.2, 0.25) is 0 Å². The molecule has 0 aliphatic heterocycles. The van der Waals surface area contributed by atoms with Gasteiger partial charge in [-0.25, -0.2) is 9.18 Å². The molecular weight excluding hydrogens is 355 g/mol. The average Bonchev–Trinajstić information content (AvgIpc) is 3.01. The number of ether oxygens (including phenoxy) is 1. The maximum Gasteiger partial charge on any atom is 0.343 e. The Hall–Kier alpha value is -3.00. The largest absolute Gasteiger partial charge is 0.423 e. The molecule has 132 valence electrons. The lowest BCUT2D eigenvalue weighted by Gasteiger charge is -2.04. The number of halogens is 1. The van der Waals surface area contributed by atoms with Gasteiger partial charge in [0.2, 0.25) is 5.16 Å². The van der Waals surface area contributed by atoms with Gasteiger partial charge in [-0.2, -0.15) is 9.78 Å². The van der Waals surface area contributed by atoms with Crippen LogP contribution in [0.5, 0.6) is 5.75 Å². The summed E-state index contributed by atoms with van der Waals surface area (Å²) >= 11 is 1.45. The lowest BCUT2D eigenvalue weighted by Crippen LogP contribution is -2.08. The molecule has 8 heteroatoms. The second-order valence-corrected chi connectivity index (χ2v) is 6.03. The van der Waals surface area contributed by atoms with Crippen LogP contribution in [-0.4, -0.2) is 33.3 Å². The Balaban J connectivity index is 1.68. The molecule has 0 unspecified atom stereocenters. The summed E-state index contributed by atoms with van der Waals surface area (Å²) < 4.78 is 19.8. The topological polar surface area (TPSA) is 69.4 Å². The van der Waals surface area contributed by atoms with Crippen LogP contribution < -0.4 is 4.74 Å². The molecule has 26 heavy (non-hydrogen) atoms. The number of aromatic nitrogens is 3. The Morgan fingerprint density at radius 3 is 2.50 bits per heavy atom. The van der Waals surface area contributed by atoms with E-state index in [4.69, 9.17) is 4.74 Å². The molecule has 1 heterocycles. The summed E-state index contributed by atoms with van der Waals surface area (Å²) in [5, 5.41) is 13.0. The molecule has 0 N–H and O–H groups in total. The van der Waals surface area contributed by atoms with Gasteiger partial charge in [0, 0.05) is 0 Å². The molecule has 3 rings (SSSR count). The lowest BCUT2D eigenvalue weighted by atomic mass is 10.2. The van der Waals surface area contributed by atoms with Crippen LogP contribution in [0.3, 0.4) is 0 Å². The van der Waals surface area contributed by atoms with Crippen molar-refractivity contribution in [3.05, 3.63) is 71.3 Å². The quantitative estimate of drug-likeness (QED) is 0.297. The number of thioether (sulfide) groups is 1. The highest BCUT2D eigenvalue weighted by Crippen LogP contribution is 2.15. The van der Waals surface area contributed by atoms with Crippen LogP contribution in [0.25, 0.3) is 0 Å². The first kappa shape index (κ1) is 17.8. The summed E-state index contributed by atoms with van der Waals surface area (Å²) in [6.07, 6.45) is 3.57. The van der Waals surface area contributed by atoms with Gasteiger partial charge in [-0.15, -0.1) is 10.2 Å². The number of carbonyl (C=O) groups excluding carboxylic acids is 1. The number of carbonyl (C=O) groups is 1. The molecule has 0 bridgehead atoms. The third kappa shape index (κ3) is 4.15. The van der Waals surface area contributed by atoms with Gasteiger partial charge in [0.15, 0.2) is 5.82 Å². The summed E-state index contributed by atoms with van der Waals surface area (Å²) in [5.41, 5.74) is 1.11. The highest BCUT2D eigenvalue weighted by Gasteiger charge is 2.09. The number of benzene rings is 2. The number of esters is 1. The van der Waals surface area contributed by atoms with E-state index in [1.165, 1.54) is 36.0 Å². The maximum atomic E-state index is 12.9. The summed E-state index contributed by atoms with van der Waals surface area (Å²) in [6, 6.07) is 12.1. The molecule has 0 spiro atoms. The molecule has 0 amide bonds. The van der Waals surface area contributed by atoms with Crippen molar-refractivity contribution in [2.24, 2.45) is 5.10 Å². The minimum Gasteiger partial charge on any atom is -0.423 e. The van der Waals surface area contributed by atoms with E-state index in [1.54, 1.807) is 35.2 Å². The SMILES string of the molecule is CSc1nnc(C)n1/N=C\c1ccc(OC(=O)c2ccc(F)cc2)cc1. The first-order valence-corrected chi connectivity index (χ1v) is 8.87. The normalized spacial score (nSPS) is 11.0. The molecule has 0 aliphatic rings. The fourth-order valence-corrected chi connectivity index (χ4v) is 2.57. The van der Waals surface area contributed by atoms with Crippen molar-refractivity contribution >= 4 is 23.9 Å². The summed E-state index contributed by atoms with van der Waals surface area (Å²) in [5.74, 6) is 0.131. The zero-order chi connectivity index (χ0) is 18.5. The Labute approximate surface area is 153 Å². The molecule has 3 aromatic rings. The standard InChI is InChI=1S/C18H15FN4O2S/c1-12-21-22-18(26-2)23(12)20-11-13-3-9-16(10-4-13)25-17(24)14-5-7-15(19)8-6-14/h3-11H,1-2H3/b20-11-. The van der Waals surface area contributed by atoms with Gasteiger partial charge >= 0.3 is 5.97 Å². The van der Waals surface area contributed by atoms with E-state index in [-0.39, 0.29) is 5.56 Å². The van der Waals surface area contributed by atoms with E-state index in [1.807, 2.05) is 13.2 Å². The highest BCUT2D eigenvalue weighted by molar-refractivity contribution is 7.98. The Morgan fingerprint density at radius 2 is 1.85 bits per heavy atom. The summed E-state index contributed by atoms with van der Waals surface area (Å²) in [6.45, 7) is 1.82. The van der Waals surface area contributed by atoms with E-state index in [9.17, 15) is 9.18 Å². The third-order valence-electron chi connectivity index (χ3n) is 3.44. The molecule has 0 fully saturated rings. The van der Waals surface area contributed by atoms with Gasteiger partial charge < -0.3 is 4.74 Å². The predicted octanol–water partition coefficient (Wildman–Crippen LogP) is 3.55. The van der Waals surface area contributed by atoms with E-state index in [0.29, 0.717) is 16.7 Å². The number of rotatable bonds is 5. The van der Waals surface area contributed by atoms with E-state index in [2.05, 4.69) is 15.3 Å². The third-order valence-corrected chi connectivity index (χ3v) is 4.06. The van der Waals surface area contributed by atoms with E-state index >= 15 is 0 Å². The van der Waals surface area contributed by atoms with Gasteiger partial charge in [-0.1, -0.05) is 11.8 Å². The van der Waals surface area contributed by atoms with Crippen LogP contribution in [0.15, 0.2) is 58.8 Å². The zero-order valence-electron chi connectivity index (χ0n) is 14.1. The van der Waals surface area contributed by atoms with Gasteiger partial charge in [0.05, 0.1) is 11.8 Å². The van der Waals surface area contributed by atoms with Crippen LogP contribution >= 0.6 is 11.8 Å². The highest BCUT2D eigenvalue weighted by atomic mass is 32.2. The number of hydrogen-bond acceptors (Lipinski definition) is 6. The Kier molecular flexibility index (Phi) is 5.43. The molecule has 2 aromatic carbocycles. The summed E-state index contributed by atoms with van der Waals surface area (Å²) in [4.78, 5) is 12.0. The van der Waals surface area contributed by atoms with Crippen molar-refractivity contribution < 1.29 is 13.9 Å².